The summed E-state index contributed by atoms with van der Waals surface area (Å²) in [5, 5.41) is 6.84. The number of nitrogens with one attached hydrogen (secondary N) is 1. The summed E-state index contributed by atoms with van der Waals surface area (Å²) in [6, 6.07) is 0. The van der Waals surface area contributed by atoms with E-state index in [-0.39, 0.29) is 24.0 Å². The van der Waals surface area contributed by atoms with Crippen LogP contribution in [0.15, 0.2) is 4.52 Å². The molecule has 2 atom stereocenters. The van der Waals surface area contributed by atoms with Gasteiger partial charge >= 0.3 is 0 Å². The van der Waals surface area contributed by atoms with Crippen molar-refractivity contribution in [2.75, 3.05) is 26.2 Å². The van der Waals surface area contributed by atoms with Gasteiger partial charge in [0.15, 0.2) is 5.82 Å². The lowest BCUT2D eigenvalue weighted by atomic mass is 10.2. The molecule has 1 aromatic rings. The predicted molar refractivity (Wildman–Crippen MR) is 86.2 cm³/mol. The van der Waals surface area contributed by atoms with Crippen LogP contribution in [0.1, 0.15) is 51.7 Å². The molecule has 0 spiro atoms. The van der Waals surface area contributed by atoms with Crippen LogP contribution >= 0.6 is 0 Å². The van der Waals surface area contributed by atoms with E-state index in [1.165, 1.54) is 0 Å². The summed E-state index contributed by atoms with van der Waals surface area (Å²) in [4.78, 5) is 18.5. The lowest BCUT2D eigenvalue weighted by Crippen LogP contribution is -2.47. The van der Waals surface area contributed by atoms with Crippen molar-refractivity contribution in [2.24, 2.45) is 0 Å². The Kier molecular flexibility index (Phi) is 6.53. The quantitative estimate of drug-likeness (QED) is 0.815. The molecule has 1 saturated heterocycles. The first-order valence-electron chi connectivity index (χ1n) is 8.41. The molecule has 0 bridgehead atoms. The molecule has 7 nitrogen and oxygen atoms in total. The Morgan fingerprint density at radius 2 is 2.04 bits per heavy atom. The number of morpholine rings is 1. The molecule has 23 heavy (non-hydrogen) atoms. The summed E-state index contributed by atoms with van der Waals surface area (Å²) in [5.74, 6) is 1.47. The SMILES string of the molecule is CC(C)c1noc(CCC(=O)NCCN2C[C@@H](C)O[C@H](C)C2)n1. The molecule has 1 amide bonds. The van der Waals surface area contributed by atoms with Gasteiger partial charge in [0.1, 0.15) is 0 Å². The Bertz CT molecular complexity index is 493. The van der Waals surface area contributed by atoms with Crippen LogP contribution in [0.5, 0.6) is 0 Å². The van der Waals surface area contributed by atoms with Crippen molar-refractivity contribution in [1.82, 2.24) is 20.4 Å². The van der Waals surface area contributed by atoms with Gasteiger partial charge in [0.25, 0.3) is 0 Å². The zero-order chi connectivity index (χ0) is 16.8. The van der Waals surface area contributed by atoms with Gasteiger partial charge < -0.3 is 14.6 Å². The average molecular weight is 324 g/mol. The third-order valence-electron chi connectivity index (χ3n) is 3.81. The summed E-state index contributed by atoms with van der Waals surface area (Å²) >= 11 is 0. The molecule has 7 heteroatoms. The minimum Gasteiger partial charge on any atom is -0.373 e. The van der Waals surface area contributed by atoms with Crippen LogP contribution < -0.4 is 5.32 Å². The molecule has 130 valence electrons. The molecule has 1 aliphatic heterocycles. The van der Waals surface area contributed by atoms with Crippen molar-refractivity contribution in [1.29, 1.82) is 0 Å². The Hall–Kier alpha value is -1.47. The summed E-state index contributed by atoms with van der Waals surface area (Å²) in [5.41, 5.74) is 0. The summed E-state index contributed by atoms with van der Waals surface area (Å²) in [6.07, 6.45) is 1.36. The van der Waals surface area contributed by atoms with Crippen molar-refractivity contribution in [3.63, 3.8) is 0 Å². The van der Waals surface area contributed by atoms with E-state index in [2.05, 4.69) is 34.2 Å². The first-order chi connectivity index (χ1) is 10.9. The van der Waals surface area contributed by atoms with Gasteiger partial charge in [-0.2, -0.15) is 4.98 Å². The molecule has 1 N–H and O–H groups in total. The maximum absolute atomic E-state index is 11.9. The zero-order valence-electron chi connectivity index (χ0n) is 14.5. The lowest BCUT2D eigenvalue weighted by Gasteiger charge is -2.35. The number of rotatable bonds is 7. The number of carbonyl (C=O) groups is 1. The molecule has 0 aliphatic carbocycles. The standard InChI is InChI=1S/C16H28N4O3/c1-11(2)16-18-15(23-19-16)6-5-14(21)17-7-8-20-9-12(3)22-13(4)10-20/h11-13H,5-10H2,1-4H3,(H,17,21)/t12-,13-/m1/s1. The van der Waals surface area contributed by atoms with E-state index in [0.29, 0.717) is 31.1 Å². The molecular formula is C16H28N4O3. The minimum atomic E-state index is 0.0173. The van der Waals surface area contributed by atoms with E-state index in [0.717, 1.165) is 19.6 Å². The molecule has 0 aromatic carbocycles. The number of nitrogens with zero attached hydrogens (tertiary/aromatic N) is 3. The maximum Gasteiger partial charge on any atom is 0.227 e. The average Bonchev–Trinajstić information content (AvgIpc) is 2.93. The Morgan fingerprint density at radius 1 is 1.35 bits per heavy atom. The van der Waals surface area contributed by atoms with E-state index in [1.54, 1.807) is 0 Å². The van der Waals surface area contributed by atoms with E-state index >= 15 is 0 Å². The monoisotopic (exact) mass is 324 g/mol. The largest absolute Gasteiger partial charge is 0.373 e. The zero-order valence-corrected chi connectivity index (χ0v) is 14.5. The van der Waals surface area contributed by atoms with Crippen LogP contribution in [0.25, 0.3) is 0 Å². The van der Waals surface area contributed by atoms with E-state index in [4.69, 9.17) is 9.26 Å². The molecular weight excluding hydrogens is 296 g/mol. The van der Waals surface area contributed by atoms with Crippen molar-refractivity contribution in [2.45, 2.75) is 58.7 Å². The first kappa shape index (κ1) is 17.9. The van der Waals surface area contributed by atoms with Crippen molar-refractivity contribution in [3.05, 3.63) is 11.7 Å². The van der Waals surface area contributed by atoms with E-state index in [9.17, 15) is 4.79 Å². The van der Waals surface area contributed by atoms with Crippen LogP contribution in [0.3, 0.4) is 0 Å². The molecule has 2 heterocycles. The molecule has 2 rings (SSSR count). The van der Waals surface area contributed by atoms with Crippen molar-refractivity contribution in [3.8, 4) is 0 Å². The lowest BCUT2D eigenvalue weighted by molar-refractivity contribution is -0.121. The highest BCUT2D eigenvalue weighted by Gasteiger charge is 2.21. The Labute approximate surface area is 137 Å². The van der Waals surface area contributed by atoms with Gasteiger partial charge in [-0.25, -0.2) is 0 Å². The van der Waals surface area contributed by atoms with Gasteiger partial charge in [-0.1, -0.05) is 19.0 Å². The fourth-order valence-electron chi connectivity index (χ4n) is 2.73. The number of aryl methyl sites for hydroxylation is 1. The van der Waals surface area contributed by atoms with Gasteiger partial charge in [-0.15, -0.1) is 0 Å². The number of hydrogen-bond acceptors (Lipinski definition) is 6. The highest BCUT2D eigenvalue weighted by molar-refractivity contribution is 5.75. The van der Waals surface area contributed by atoms with Crippen molar-refractivity contribution < 1.29 is 14.1 Å². The predicted octanol–water partition coefficient (Wildman–Crippen LogP) is 1.35. The van der Waals surface area contributed by atoms with Crippen LogP contribution in [0, 0.1) is 0 Å². The Morgan fingerprint density at radius 3 is 2.65 bits per heavy atom. The van der Waals surface area contributed by atoms with E-state index in [1.807, 2.05) is 13.8 Å². The van der Waals surface area contributed by atoms with Gasteiger partial charge in [0.2, 0.25) is 11.8 Å². The van der Waals surface area contributed by atoms with E-state index < -0.39 is 0 Å². The number of aromatic nitrogens is 2. The maximum atomic E-state index is 11.9. The molecule has 0 unspecified atom stereocenters. The van der Waals surface area contributed by atoms with Crippen LogP contribution in [-0.4, -0.2) is 59.3 Å². The number of ether oxygens (including phenoxy) is 1. The van der Waals surface area contributed by atoms with Crippen LogP contribution in [0.2, 0.25) is 0 Å². The normalized spacial score (nSPS) is 22.5. The first-order valence-corrected chi connectivity index (χ1v) is 8.41. The van der Waals surface area contributed by atoms with Gasteiger partial charge in [0.05, 0.1) is 12.2 Å². The number of hydrogen-bond donors (Lipinski definition) is 1. The van der Waals surface area contributed by atoms with Gasteiger partial charge in [-0.3, -0.25) is 9.69 Å². The highest BCUT2D eigenvalue weighted by Crippen LogP contribution is 2.11. The third kappa shape index (κ3) is 5.91. The second-order valence-electron chi connectivity index (χ2n) is 6.57. The Balaban J connectivity index is 1.63. The summed E-state index contributed by atoms with van der Waals surface area (Å²) < 4.78 is 10.8. The summed E-state index contributed by atoms with van der Waals surface area (Å²) in [7, 11) is 0. The fourth-order valence-corrected chi connectivity index (χ4v) is 2.73. The molecule has 1 aromatic heterocycles. The van der Waals surface area contributed by atoms with Crippen LogP contribution in [0.4, 0.5) is 0 Å². The molecule has 1 aliphatic rings. The molecule has 0 radical (unpaired) electrons. The van der Waals surface area contributed by atoms with Gasteiger partial charge in [0, 0.05) is 44.9 Å². The van der Waals surface area contributed by atoms with Crippen molar-refractivity contribution >= 4 is 5.91 Å². The second-order valence-corrected chi connectivity index (χ2v) is 6.57. The topological polar surface area (TPSA) is 80.5 Å². The minimum absolute atomic E-state index is 0.0173. The third-order valence-corrected chi connectivity index (χ3v) is 3.81. The fraction of sp³-hybridized carbons (Fsp3) is 0.812. The second kappa shape index (κ2) is 8.40. The highest BCUT2D eigenvalue weighted by atomic mass is 16.5. The smallest absolute Gasteiger partial charge is 0.227 e. The van der Waals surface area contributed by atoms with Gasteiger partial charge in [-0.05, 0) is 13.8 Å². The number of amides is 1. The van der Waals surface area contributed by atoms with Crippen LogP contribution in [-0.2, 0) is 16.0 Å². The summed E-state index contributed by atoms with van der Waals surface area (Å²) in [6.45, 7) is 11.5. The number of carbonyl (C=O) groups excluding carboxylic acids is 1. The molecule has 0 saturated carbocycles. The molecule has 1 fully saturated rings.